The van der Waals surface area contributed by atoms with Crippen LogP contribution in [0.25, 0.3) is 20.7 Å². The van der Waals surface area contributed by atoms with E-state index in [9.17, 15) is 0 Å². The van der Waals surface area contributed by atoms with Crippen LogP contribution in [0.1, 0.15) is 71.4 Å². The van der Waals surface area contributed by atoms with Crippen molar-refractivity contribution in [2.24, 2.45) is 0 Å². The Morgan fingerprint density at radius 1 is 1.00 bits per heavy atom. The maximum Gasteiger partial charge on any atom is 0.223 e. The van der Waals surface area contributed by atoms with E-state index in [2.05, 4.69) is 81.8 Å². The molecular weight excluding hydrogens is 346 g/mol. The van der Waals surface area contributed by atoms with Crippen LogP contribution in [0.3, 0.4) is 0 Å². The molecule has 0 spiro atoms. The number of pyridine rings is 1. The summed E-state index contributed by atoms with van der Waals surface area (Å²) in [5.41, 5.74) is 4.69. The predicted octanol–water partition coefficient (Wildman–Crippen LogP) is 7.00. The van der Waals surface area contributed by atoms with Gasteiger partial charge in [-0.15, -0.1) is 11.3 Å². The number of aryl methyl sites for hydroxylation is 1. The molecule has 0 aliphatic carbocycles. The van der Waals surface area contributed by atoms with E-state index in [0.29, 0.717) is 0 Å². The van der Waals surface area contributed by atoms with Crippen LogP contribution in [0.15, 0.2) is 42.6 Å². The zero-order chi connectivity index (χ0) is 19.2. The molecule has 2 unspecified atom stereocenters. The van der Waals surface area contributed by atoms with E-state index in [1.165, 1.54) is 45.5 Å². The minimum absolute atomic E-state index is 0.0806. The normalized spacial score (nSPS) is 24.0. The van der Waals surface area contributed by atoms with Crippen molar-refractivity contribution in [3.05, 3.63) is 53.7 Å². The summed E-state index contributed by atoms with van der Waals surface area (Å²) < 4.78 is 4.02. The number of unbranched alkanes of at least 4 members (excludes halogenated alkanes) is 1. The maximum atomic E-state index is 2.60. The molecule has 0 radical (unpaired) electrons. The van der Waals surface area contributed by atoms with Crippen molar-refractivity contribution in [3.63, 3.8) is 0 Å². The van der Waals surface area contributed by atoms with Crippen LogP contribution < -0.4 is 4.57 Å². The molecule has 4 rings (SSSR count). The van der Waals surface area contributed by atoms with Gasteiger partial charge in [-0.05, 0) is 48.8 Å². The van der Waals surface area contributed by atoms with Gasteiger partial charge in [0.1, 0.15) is 4.88 Å². The number of hydrogen-bond donors (Lipinski definition) is 0. The number of fused-ring (bicyclic) bond motifs is 5. The third kappa shape index (κ3) is 2.52. The molecule has 0 bridgehead atoms. The Morgan fingerprint density at radius 2 is 1.78 bits per heavy atom. The standard InChI is InChI=1S/C25H32NS/c1-6-9-12-18-15-16-26-20(17-18)23-22(19-13-10-11-14-21(19)27-23)24(4,7-2)25(26,5)8-3/h10-11,13-17H,6-9,12H2,1-5H3/q+1. The van der Waals surface area contributed by atoms with Crippen molar-refractivity contribution >= 4 is 21.4 Å². The van der Waals surface area contributed by atoms with E-state index in [0.717, 1.165) is 12.8 Å². The maximum absolute atomic E-state index is 2.60. The Kier molecular flexibility index (Phi) is 4.66. The summed E-state index contributed by atoms with van der Waals surface area (Å²) in [5, 5.41) is 1.46. The topological polar surface area (TPSA) is 3.88 Å². The summed E-state index contributed by atoms with van der Waals surface area (Å²) in [6.45, 7) is 12.0. The highest BCUT2D eigenvalue weighted by Crippen LogP contribution is 2.54. The average Bonchev–Trinajstić information content (AvgIpc) is 3.10. The summed E-state index contributed by atoms with van der Waals surface area (Å²) in [4.78, 5) is 1.49. The van der Waals surface area contributed by atoms with Gasteiger partial charge in [-0.3, -0.25) is 0 Å². The van der Waals surface area contributed by atoms with Gasteiger partial charge in [-0.1, -0.05) is 45.4 Å². The van der Waals surface area contributed by atoms with Crippen molar-refractivity contribution in [1.29, 1.82) is 0 Å². The van der Waals surface area contributed by atoms with E-state index in [1.54, 1.807) is 5.56 Å². The zero-order valence-electron chi connectivity index (χ0n) is 17.4. The van der Waals surface area contributed by atoms with Crippen LogP contribution in [0, 0.1) is 0 Å². The van der Waals surface area contributed by atoms with Crippen LogP contribution in [0.2, 0.25) is 0 Å². The van der Waals surface area contributed by atoms with Gasteiger partial charge in [0.2, 0.25) is 5.69 Å². The van der Waals surface area contributed by atoms with E-state index in [1.807, 2.05) is 11.3 Å². The highest BCUT2D eigenvalue weighted by molar-refractivity contribution is 7.22. The monoisotopic (exact) mass is 378 g/mol. The lowest BCUT2D eigenvalue weighted by molar-refractivity contribution is -0.765. The number of hydrogen-bond acceptors (Lipinski definition) is 1. The Hall–Kier alpha value is -1.67. The van der Waals surface area contributed by atoms with Crippen LogP contribution in [-0.4, -0.2) is 0 Å². The van der Waals surface area contributed by atoms with Crippen molar-refractivity contribution in [2.75, 3.05) is 0 Å². The minimum atomic E-state index is 0.0806. The number of aromatic nitrogens is 1. The number of benzene rings is 1. The van der Waals surface area contributed by atoms with E-state index in [4.69, 9.17) is 0 Å². The fourth-order valence-corrected chi connectivity index (χ4v) is 6.46. The highest BCUT2D eigenvalue weighted by atomic mass is 32.1. The Balaban J connectivity index is 2.06. The molecule has 27 heavy (non-hydrogen) atoms. The third-order valence-corrected chi connectivity index (χ3v) is 8.53. The number of rotatable bonds is 5. The first-order chi connectivity index (χ1) is 13.0. The molecule has 1 nitrogen and oxygen atoms in total. The summed E-state index contributed by atoms with van der Waals surface area (Å²) in [6, 6.07) is 13.9. The van der Waals surface area contributed by atoms with E-state index < -0.39 is 0 Å². The lowest BCUT2D eigenvalue weighted by Gasteiger charge is -2.45. The number of nitrogens with zero attached hydrogens (tertiary/aromatic N) is 1. The third-order valence-electron chi connectivity index (χ3n) is 7.33. The summed E-state index contributed by atoms with van der Waals surface area (Å²) in [5.74, 6) is 0. The van der Waals surface area contributed by atoms with Gasteiger partial charge in [-0.25, -0.2) is 0 Å². The molecular formula is C25H32NS+. The molecule has 1 aliphatic heterocycles. The van der Waals surface area contributed by atoms with Crippen molar-refractivity contribution in [2.45, 2.75) is 77.7 Å². The molecule has 1 aromatic carbocycles. The van der Waals surface area contributed by atoms with Crippen molar-refractivity contribution in [1.82, 2.24) is 0 Å². The van der Waals surface area contributed by atoms with Crippen molar-refractivity contribution in [3.8, 4) is 10.6 Å². The highest BCUT2D eigenvalue weighted by Gasteiger charge is 2.57. The van der Waals surface area contributed by atoms with Crippen LogP contribution in [-0.2, 0) is 17.4 Å². The fraction of sp³-hybridized carbons (Fsp3) is 0.480. The zero-order valence-corrected chi connectivity index (χ0v) is 18.2. The molecule has 3 aromatic rings. The largest absolute Gasteiger partial charge is 0.223 e. The van der Waals surface area contributed by atoms with Gasteiger partial charge in [0.05, 0.1) is 5.41 Å². The Bertz CT molecular complexity index is 985. The summed E-state index contributed by atoms with van der Waals surface area (Å²) >= 11 is 1.98. The van der Waals surface area contributed by atoms with Gasteiger partial charge in [-0.2, -0.15) is 4.57 Å². The van der Waals surface area contributed by atoms with Gasteiger partial charge >= 0.3 is 0 Å². The first kappa shape index (κ1) is 18.7. The number of thiophene rings is 1. The molecule has 2 atom stereocenters. The lowest BCUT2D eigenvalue weighted by atomic mass is 9.61. The van der Waals surface area contributed by atoms with Crippen LogP contribution in [0.4, 0.5) is 0 Å². The first-order valence-corrected chi connectivity index (χ1v) is 11.4. The molecule has 2 heteroatoms. The average molecular weight is 379 g/mol. The van der Waals surface area contributed by atoms with Gasteiger partial charge in [0.25, 0.3) is 0 Å². The molecule has 0 N–H and O–H groups in total. The molecule has 0 saturated heterocycles. The van der Waals surface area contributed by atoms with Gasteiger partial charge in [0.15, 0.2) is 11.7 Å². The lowest BCUT2D eigenvalue weighted by Crippen LogP contribution is -2.67. The molecule has 2 aromatic heterocycles. The fourth-order valence-electron chi connectivity index (χ4n) is 5.11. The molecule has 1 aliphatic rings. The summed E-state index contributed by atoms with van der Waals surface area (Å²) in [6.07, 6.45) is 8.35. The molecule has 3 heterocycles. The molecule has 142 valence electrons. The SMILES string of the molecule is CCCCc1cc[n+]2c(c1)-c1sc3ccccc3c1C(C)(CC)C2(C)CC. The van der Waals surface area contributed by atoms with Crippen LogP contribution >= 0.6 is 11.3 Å². The van der Waals surface area contributed by atoms with Gasteiger partial charge < -0.3 is 0 Å². The second-order valence-electron chi connectivity index (χ2n) is 8.51. The Morgan fingerprint density at radius 3 is 2.48 bits per heavy atom. The molecule has 0 saturated carbocycles. The molecule has 0 fully saturated rings. The first-order valence-electron chi connectivity index (χ1n) is 10.6. The van der Waals surface area contributed by atoms with Gasteiger partial charge in [0, 0.05) is 30.2 Å². The van der Waals surface area contributed by atoms with E-state index in [-0.39, 0.29) is 11.0 Å². The quantitative estimate of drug-likeness (QED) is 0.421. The Labute approximate surface area is 168 Å². The van der Waals surface area contributed by atoms with E-state index >= 15 is 0 Å². The summed E-state index contributed by atoms with van der Waals surface area (Å²) in [7, 11) is 0. The minimum Gasteiger partial charge on any atom is -0.192 e. The van der Waals surface area contributed by atoms with Crippen LogP contribution in [0.5, 0.6) is 0 Å². The second-order valence-corrected chi connectivity index (χ2v) is 9.56. The predicted molar refractivity (Wildman–Crippen MR) is 118 cm³/mol. The van der Waals surface area contributed by atoms with Crippen molar-refractivity contribution < 1.29 is 4.57 Å². The second kappa shape index (κ2) is 6.74. The smallest absolute Gasteiger partial charge is 0.192 e. The molecule has 0 amide bonds.